The molecule has 0 radical (unpaired) electrons. The van der Waals surface area contributed by atoms with Gasteiger partial charge < -0.3 is 4.90 Å². The summed E-state index contributed by atoms with van der Waals surface area (Å²) in [5, 5.41) is 0. The molecule has 2 nitrogen and oxygen atoms in total. The summed E-state index contributed by atoms with van der Waals surface area (Å²) in [5.74, 6) is 0. The predicted octanol–water partition coefficient (Wildman–Crippen LogP) is 6.02. The van der Waals surface area contributed by atoms with E-state index in [4.69, 9.17) is 0 Å². The molecule has 1 aromatic heterocycles. The van der Waals surface area contributed by atoms with E-state index >= 15 is 0 Å². The van der Waals surface area contributed by atoms with Crippen LogP contribution < -0.4 is 0 Å². The summed E-state index contributed by atoms with van der Waals surface area (Å²) < 4.78 is 0. The van der Waals surface area contributed by atoms with Gasteiger partial charge in [-0.2, -0.15) is 0 Å². The molecule has 130 valence electrons. The van der Waals surface area contributed by atoms with Crippen molar-refractivity contribution in [1.29, 1.82) is 0 Å². The number of rotatable bonds is 7. The van der Waals surface area contributed by atoms with E-state index in [0.29, 0.717) is 0 Å². The first-order valence-electron chi connectivity index (χ1n) is 9.22. The molecule has 0 saturated carbocycles. The molecular weight excluding hydrogens is 268 g/mol. The first-order chi connectivity index (χ1) is 10.6. The highest BCUT2D eigenvalue weighted by Gasteiger charge is 2.11. The van der Waals surface area contributed by atoms with E-state index in [1.807, 2.05) is 40.0 Å². The molecule has 0 saturated heterocycles. The van der Waals surface area contributed by atoms with Crippen molar-refractivity contribution in [2.75, 3.05) is 13.1 Å². The Morgan fingerprint density at radius 1 is 0.909 bits per heavy atom. The quantitative estimate of drug-likeness (QED) is 0.612. The fourth-order valence-corrected chi connectivity index (χ4v) is 2.40. The van der Waals surface area contributed by atoms with Gasteiger partial charge in [-0.15, -0.1) is 0 Å². The second-order valence-corrected chi connectivity index (χ2v) is 5.48. The number of aryl methyl sites for hydroxylation is 2. The summed E-state index contributed by atoms with van der Waals surface area (Å²) in [7, 11) is 0. The Kier molecular flexibility index (Phi) is 17.5. The van der Waals surface area contributed by atoms with Crippen LogP contribution in [0.15, 0.2) is 18.3 Å². The fraction of sp³-hybridized carbons (Fsp3) is 0.750. The van der Waals surface area contributed by atoms with Crippen molar-refractivity contribution in [3.63, 3.8) is 0 Å². The van der Waals surface area contributed by atoms with E-state index in [1.165, 1.54) is 44.3 Å². The van der Waals surface area contributed by atoms with E-state index in [1.54, 1.807) is 0 Å². The van der Waals surface area contributed by atoms with Crippen molar-refractivity contribution < 1.29 is 0 Å². The fourth-order valence-electron chi connectivity index (χ4n) is 2.40. The number of pyridine rings is 1. The molecule has 2 heteroatoms. The standard InChI is InChI=1S/C11H25N.C7H9N.C2H6/c1-5-9-12(10-6-2)11(7-3)8-4;1-6-3-4-7(2)8-5-6;1-2/h11H,5-10H2,1-4H3;3-5H,1-2H3;1-2H3. The van der Waals surface area contributed by atoms with Crippen LogP contribution in [-0.2, 0) is 0 Å². The Labute approximate surface area is 140 Å². The molecule has 0 atom stereocenters. The van der Waals surface area contributed by atoms with E-state index in [-0.39, 0.29) is 0 Å². The molecule has 0 aliphatic rings. The van der Waals surface area contributed by atoms with Crippen molar-refractivity contribution in [3.8, 4) is 0 Å². The van der Waals surface area contributed by atoms with Gasteiger partial charge in [0.2, 0.25) is 0 Å². The zero-order chi connectivity index (χ0) is 17.4. The minimum atomic E-state index is 0.824. The first-order valence-corrected chi connectivity index (χ1v) is 9.22. The molecule has 1 heterocycles. The van der Waals surface area contributed by atoms with Gasteiger partial charge in [-0.05, 0) is 64.3 Å². The van der Waals surface area contributed by atoms with Crippen LogP contribution in [0.1, 0.15) is 78.5 Å². The van der Waals surface area contributed by atoms with E-state index in [9.17, 15) is 0 Å². The highest BCUT2D eigenvalue weighted by Crippen LogP contribution is 2.09. The summed E-state index contributed by atoms with van der Waals surface area (Å²) >= 11 is 0. The van der Waals surface area contributed by atoms with Crippen LogP contribution in [0, 0.1) is 13.8 Å². The average molecular weight is 309 g/mol. The third kappa shape index (κ3) is 11.7. The molecule has 0 bridgehead atoms. The van der Waals surface area contributed by atoms with Gasteiger partial charge in [0.25, 0.3) is 0 Å². The van der Waals surface area contributed by atoms with Gasteiger partial charge >= 0.3 is 0 Å². The van der Waals surface area contributed by atoms with Crippen LogP contribution in [-0.4, -0.2) is 29.0 Å². The molecule has 0 amide bonds. The van der Waals surface area contributed by atoms with Crippen molar-refractivity contribution in [2.45, 2.75) is 87.1 Å². The van der Waals surface area contributed by atoms with Crippen molar-refractivity contribution in [3.05, 3.63) is 29.6 Å². The van der Waals surface area contributed by atoms with Crippen LogP contribution in [0.3, 0.4) is 0 Å². The minimum Gasteiger partial charge on any atom is -0.300 e. The molecule has 0 spiro atoms. The lowest BCUT2D eigenvalue weighted by molar-refractivity contribution is 0.186. The number of nitrogens with zero attached hydrogens (tertiary/aromatic N) is 2. The first kappa shape index (κ1) is 23.4. The Bertz CT molecular complexity index is 288. The van der Waals surface area contributed by atoms with Crippen molar-refractivity contribution >= 4 is 0 Å². The van der Waals surface area contributed by atoms with Gasteiger partial charge in [0.1, 0.15) is 0 Å². The van der Waals surface area contributed by atoms with E-state index in [0.717, 1.165) is 11.7 Å². The maximum absolute atomic E-state index is 4.08. The Balaban J connectivity index is 0. The summed E-state index contributed by atoms with van der Waals surface area (Å²) in [6.07, 6.45) is 7.05. The normalized spacial score (nSPS) is 9.91. The lowest BCUT2D eigenvalue weighted by atomic mass is 10.1. The van der Waals surface area contributed by atoms with Crippen LogP contribution >= 0.6 is 0 Å². The SMILES string of the molecule is CC.CCCN(CCC)C(CC)CC.Cc1ccc(C)nc1. The number of hydrogen-bond acceptors (Lipinski definition) is 2. The third-order valence-electron chi connectivity index (χ3n) is 3.54. The van der Waals surface area contributed by atoms with Crippen LogP contribution in [0.4, 0.5) is 0 Å². The molecule has 0 unspecified atom stereocenters. The molecule has 0 N–H and O–H groups in total. The molecule has 0 fully saturated rings. The monoisotopic (exact) mass is 308 g/mol. The second kappa shape index (κ2) is 16.5. The maximum Gasteiger partial charge on any atom is 0.0372 e. The van der Waals surface area contributed by atoms with Gasteiger partial charge in [0, 0.05) is 17.9 Å². The predicted molar refractivity (Wildman–Crippen MR) is 102 cm³/mol. The maximum atomic E-state index is 4.08. The van der Waals surface area contributed by atoms with Crippen LogP contribution in [0.5, 0.6) is 0 Å². The van der Waals surface area contributed by atoms with Crippen molar-refractivity contribution in [1.82, 2.24) is 9.88 Å². The molecule has 0 aliphatic carbocycles. The minimum absolute atomic E-state index is 0.824. The van der Waals surface area contributed by atoms with Gasteiger partial charge in [-0.3, -0.25) is 4.98 Å². The highest BCUT2D eigenvalue weighted by molar-refractivity contribution is 5.10. The summed E-state index contributed by atoms with van der Waals surface area (Å²) in [4.78, 5) is 6.72. The molecule has 0 aromatic carbocycles. The van der Waals surface area contributed by atoms with E-state index in [2.05, 4.69) is 43.6 Å². The van der Waals surface area contributed by atoms with Crippen LogP contribution in [0.2, 0.25) is 0 Å². The topological polar surface area (TPSA) is 16.1 Å². The number of hydrogen-bond donors (Lipinski definition) is 0. The lowest BCUT2D eigenvalue weighted by Crippen LogP contribution is -2.35. The smallest absolute Gasteiger partial charge is 0.0372 e. The van der Waals surface area contributed by atoms with Gasteiger partial charge in [-0.25, -0.2) is 0 Å². The summed E-state index contributed by atoms with van der Waals surface area (Å²) in [6.45, 7) is 19.7. The third-order valence-corrected chi connectivity index (χ3v) is 3.54. The molecule has 1 rings (SSSR count). The zero-order valence-electron chi connectivity index (χ0n) is 16.4. The zero-order valence-corrected chi connectivity index (χ0v) is 16.4. The second-order valence-electron chi connectivity index (χ2n) is 5.48. The molecule has 0 aliphatic heterocycles. The highest BCUT2D eigenvalue weighted by atomic mass is 15.1. The average Bonchev–Trinajstić information content (AvgIpc) is 2.54. The largest absolute Gasteiger partial charge is 0.300 e. The van der Waals surface area contributed by atoms with Crippen molar-refractivity contribution in [2.24, 2.45) is 0 Å². The Hall–Kier alpha value is -0.890. The molecule has 22 heavy (non-hydrogen) atoms. The Morgan fingerprint density at radius 3 is 1.68 bits per heavy atom. The van der Waals surface area contributed by atoms with E-state index < -0.39 is 0 Å². The summed E-state index contributed by atoms with van der Waals surface area (Å²) in [6, 6.07) is 4.89. The number of aromatic nitrogens is 1. The lowest BCUT2D eigenvalue weighted by Gasteiger charge is -2.29. The van der Waals surface area contributed by atoms with Crippen LogP contribution in [0.25, 0.3) is 0 Å². The molecule has 1 aromatic rings. The molecular formula is C20H40N2. The summed E-state index contributed by atoms with van der Waals surface area (Å²) in [5.41, 5.74) is 2.30. The van der Waals surface area contributed by atoms with Gasteiger partial charge in [0.15, 0.2) is 0 Å². The van der Waals surface area contributed by atoms with Gasteiger partial charge in [-0.1, -0.05) is 47.6 Å². The Morgan fingerprint density at radius 2 is 1.41 bits per heavy atom. The van der Waals surface area contributed by atoms with Gasteiger partial charge in [0.05, 0.1) is 0 Å².